The first-order valence-electron chi connectivity index (χ1n) is 6.19. The molecule has 0 atom stereocenters. The van der Waals surface area contributed by atoms with Crippen LogP contribution < -0.4 is 5.14 Å². The number of hydrogen-bond donors (Lipinski definition) is 1. The van der Waals surface area contributed by atoms with Gasteiger partial charge in [-0.15, -0.1) is 0 Å². The van der Waals surface area contributed by atoms with Crippen molar-refractivity contribution in [3.63, 3.8) is 0 Å². The van der Waals surface area contributed by atoms with Gasteiger partial charge in [-0.05, 0) is 31.5 Å². The van der Waals surface area contributed by atoms with Gasteiger partial charge in [0.1, 0.15) is 5.56 Å². The number of primary sulfonamides is 1. The van der Waals surface area contributed by atoms with Gasteiger partial charge in [0.15, 0.2) is 5.03 Å². The van der Waals surface area contributed by atoms with Gasteiger partial charge in [0.05, 0.1) is 18.5 Å². The summed E-state index contributed by atoms with van der Waals surface area (Å²) in [6, 6.07) is 7.01. The van der Waals surface area contributed by atoms with Crippen LogP contribution in [0.5, 0.6) is 0 Å². The lowest BCUT2D eigenvalue weighted by Gasteiger charge is -2.08. The van der Waals surface area contributed by atoms with Crippen molar-refractivity contribution in [2.24, 2.45) is 5.14 Å². The van der Waals surface area contributed by atoms with Crippen LogP contribution in [0, 0.1) is 6.92 Å². The van der Waals surface area contributed by atoms with E-state index in [4.69, 9.17) is 9.88 Å². The van der Waals surface area contributed by atoms with Crippen molar-refractivity contribution in [3.8, 4) is 5.69 Å². The van der Waals surface area contributed by atoms with E-state index in [9.17, 15) is 13.2 Å². The van der Waals surface area contributed by atoms with E-state index in [2.05, 4.69) is 5.10 Å². The number of sulfonamides is 1. The van der Waals surface area contributed by atoms with Crippen LogP contribution in [0.3, 0.4) is 0 Å². The highest BCUT2D eigenvalue weighted by Crippen LogP contribution is 2.20. The molecule has 7 nitrogen and oxygen atoms in total. The summed E-state index contributed by atoms with van der Waals surface area (Å²) in [7, 11) is -4.15. The molecule has 1 aromatic heterocycles. The van der Waals surface area contributed by atoms with E-state index < -0.39 is 16.0 Å². The molecule has 0 bridgehead atoms. The van der Waals surface area contributed by atoms with Gasteiger partial charge in [0.2, 0.25) is 0 Å². The first kappa shape index (κ1) is 15.2. The van der Waals surface area contributed by atoms with Gasteiger partial charge in [-0.1, -0.05) is 12.1 Å². The molecule has 2 N–H and O–H groups in total. The largest absolute Gasteiger partial charge is 0.462 e. The second-order valence-electron chi connectivity index (χ2n) is 4.38. The molecular formula is C13H15N3O4S. The quantitative estimate of drug-likeness (QED) is 0.849. The van der Waals surface area contributed by atoms with Crippen molar-refractivity contribution >= 4 is 16.0 Å². The van der Waals surface area contributed by atoms with Crippen LogP contribution in [0.4, 0.5) is 0 Å². The third kappa shape index (κ3) is 3.11. The van der Waals surface area contributed by atoms with Gasteiger partial charge in [-0.2, -0.15) is 5.10 Å². The Kier molecular flexibility index (Phi) is 4.10. The van der Waals surface area contributed by atoms with E-state index in [-0.39, 0.29) is 17.2 Å². The zero-order valence-electron chi connectivity index (χ0n) is 11.6. The fourth-order valence-corrected chi connectivity index (χ4v) is 2.74. The van der Waals surface area contributed by atoms with Crippen molar-refractivity contribution in [3.05, 3.63) is 41.6 Å². The predicted octanol–water partition coefficient (Wildman–Crippen LogP) is 1.00. The number of aryl methyl sites for hydroxylation is 1. The van der Waals surface area contributed by atoms with E-state index in [1.807, 2.05) is 13.0 Å². The first-order chi connectivity index (χ1) is 9.84. The molecule has 0 amide bonds. The molecule has 0 saturated carbocycles. The molecule has 0 aliphatic carbocycles. The lowest BCUT2D eigenvalue weighted by Crippen LogP contribution is -2.21. The minimum absolute atomic E-state index is 0.124. The Morgan fingerprint density at radius 3 is 2.71 bits per heavy atom. The normalized spacial score (nSPS) is 11.4. The van der Waals surface area contributed by atoms with E-state index in [1.165, 1.54) is 0 Å². The number of nitrogens with two attached hydrogens (primary N) is 1. The van der Waals surface area contributed by atoms with E-state index >= 15 is 0 Å². The minimum atomic E-state index is -4.15. The average molecular weight is 309 g/mol. The van der Waals surface area contributed by atoms with E-state index in [1.54, 1.807) is 25.1 Å². The highest BCUT2D eigenvalue weighted by Gasteiger charge is 2.27. The molecular weight excluding hydrogens is 294 g/mol. The number of ether oxygens (including phenoxy) is 1. The third-order valence-electron chi connectivity index (χ3n) is 2.74. The molecule has 112 valence electrons. The third-order valence-corrected chi connectivity index (χ3v) is 3.67. The Hall–Kier alpha value is -2.19. The van der Waals surface area contributed by atoms with Crippen molar-refractivity contribution in [2.75, 3.05) is 6.61 Å². The Bertz CT molecular complexity index is 780. The number of carbonyl (C=O) groups is 1. The van der Waals surface area contributed by atoms with Gasteiger partial charge < -0.3 is 4.74 Å². The Morgan fingerprint density at radius 2 is 2.14 bits per heavy atom. The summed E-state index contributed by atoms with van der Waals surface area (Å²) >= 11 is 0. The van der Waals surface area contributed by atoms with Crippen LogP contribution in [-0.4, -0.2) is 30.8 Å². The lowest BCUT2D eigenvalue weighted by molar-refractivity contribution is 0.0521. The molecule has 1 heterocycles. The van der Waals surface area contributed by atoms with Gasteiger partial charge >= 0.3 is 5.97 Å². The summed E-state index contributed by atoms with van der Waals surface area (Å²) in [6.45, 7) is 3.61. The molecule has 0 radical (unpaired) electrons. The maximum absolute atomic E-state index is 11.8. The molecule has 0 spiro atoms. The SMILES string of the molecule is CCOC(=O)c1cnn(-c2cccc(C)c2)c1S(N)(=O)=O. The zero-order valence-corrected chi connectivity index (χ0v) is 12.4. The maximum atomic E-state index is 11.8. The van der Waals surface area contributed by atoms with Crippen LogP contribution in [0.2, 0.25) is 0 Å². The molecule has 2 aromatic rings. The Labute approximate surface area is 122 Å². The maximum Gasteiger partial charge on any atom is 0.342 e. The average Bonchev–Trinajstić information content (AvgIpc) is 2.83. The molecule has 0 saturated heterocycles. The van der Waals surface area contributed by atoms with Crippen LogP contribution in [0.25, 0.3) is 5.69 Å². The summed E-state index contributed by atoms with van der Waals surface area (Å²) in [4.78, 5) is 11.8. The van der Waals surface area contributed by atoms with Gasteiger partial charge in [-0.3, -0.25) is 0 Å². The van der Waals surface area contributed by atoms with E-state index in [0.29, 0.717) is 5.69 Å². The van der Waals surface area contributed by atoms with Gasteiger partial charge in [0.25, 0.3) is 10.0 Å². The molecule has 21 heavy (non-hydrogen) atoms. The smallest absolute Gasteiger partial charge is 0.342 e. The molecule has 0 unspecified atom stereocenters. The fourth-order valence-electron chi connectivity index (χ4n) is 1.90. The summed E-state index contributed by atoms with van der Waals surface area (Å²) < 4.78 is 29.6. The number of esters is 1. The zero-order chi connectivity index (χ0) is 15.6. The molecule has 2 rings (SSSR count). The van der Waals surface area contributed by atoms with Crippen LogP contribution >= 0.6 is 0 Å². The molecule has 0 fully saturated rings. The minimum Gasteiger partial charge on any atom is -0.462 e. The Morgan fingerprint density at radius 1 is 1.43 bits per heavy atom. The lowest BCUT2D eigenvalue weighted by atomic mass is 10.2. The number of hydrogen-bond acceptors (Lipinski definition) is 5. The van der Waals surface area contributed by atoms with E-state index in [0.717, 1.165) is 16.4 Å². The molecule has 0 aliphatic heterocycles. The second-order valence-corrected chi connectivity index (χ2v) is 5.86. The highest BCUT2D eigenvalue weighted by molar-refractivity contribution is 7.89. The fraction of sp³-hybridized carbons (Fsp3) is 0.231. The Balaban J connectivity index is 2.66. The van der Waals surface area contributed by atoms with Crippen molar-refractivity contribution in [2.45, 2.75) is 18.9 Å². The number of rotatable bonds is 4. The van der Waals surface area contributed by atoms with Crippen LogP contribution in [0.15, 0.2) is 35.5 Å². The molecule has 0 aliphatic rings. The highest BCUT2D eigenvalue weighted by atomic mass is 32.2. The second kappa shape index (κ2) is 5.66. The van der Waals surface area contributed by atoms with Crippen LogP contribution in [-0.2, 0) is 14.8 Å². The molecule has 8 heteroatoms. The summed E-state index contributed by atoms with van der Waals surface area (Å²) in [5.74, 6) is -0.777. The number of carbonyl (C=O) groups excluding carboxylic acids is 1. The van der Waals surface area contributed by atoms with Crippen molar-refractivity contribution < 1.29 is 17.9 Å². The summed E-state index contributed by atoms with van der Waals surface area (Å²) in [6.07, 6.45) is 1.14. The molecule has 1 aromatic carbocycles. The van der Waals surface area contributed by atoms with Gasteiger partial charge in [-0.25, -0.2) is 23.0 Å². The summed E-state index contributed by atoms with van der Waals surface area (Å²) in [5, 5.41) is 8.79. The predicted molar refractivity (Wildman–Crippen MR) is 75.6 cm³/mol. The van der Waals surface area contributed by atoms with Crippen molar-refractivity contribution in [1.82, 2.24) is 9.78 Å². The van der Waals surface area contributed by atoms with Gasteiger partial charge in [0, 0.05) is 0 Å². The van der Waals surface area contributed by atoms with Crippen LogP contribution in [0.1, 0.15) is 22.8 Å². The topological polar surface area (TPSA) is 104 Å². The standard InChI is InChI=1S/C13H15N3O4S/c1-3-20-13(17)11-8-15-16(12(11)21(14,18)19)10-6-4-5-9(2)7-10/h4-8H,3H2,1-2H3,(H2,14,18,19). The number of nitrogens with zero attached hydrogens (tertiary/aromatic N) is 2. The monoisotopic (exact) mass is 309 g/mol. The number of benzene rings is 1. The summed E-state index contributed by atoms with van der Waals surface area (Å²) in [5.41, 5.74) is 1.23. The first-order valence-corrected chi connectivity index (χ1v) is 7.74. The van der Waals surface area contributed by atoms with Crippen molar-refractivity contribution in [1.29, 1.82) is 0 Å². The number of aromatic nitrogens is 2.